The highest BCUT2D eigenvalue weighted by Gasteiger charge is 2.24. The van der Waals surface area contributed by atoms with Crippen LogP contribution in [0.15, 0.2) is 6.33 Å². The molecule has 0 amide bonds. The first-order valence-corrected chi connectivity index (χ1v) is 5.99. The van der Waals surface area contributed by atoms with Crippen molar-refractivity contribution < 1.29 is 4.74 Å². The Bertz CT molecular complexity index is 372. The predicted octanol–water partition coefficient (Wildman–Crippen LogP) is 2.67. The zero-order valence-electron chi connectivity index (χ0n) is 9.32. The van der Waals surface area contributed by atoms with E-state index in [1.807, 2.05) is 0 Å². The highest BCUT2D eigenvalue weighted by Crippen LogP contribution is 2.31. The molecule has 4 nitrogen and oxygen atoms in total. The smallest absolute Gasteiger partial charge is 0.238 e. The minimum atomic E-state index is 0.195. The summed E-state index contributed by atoms with van der Waals surface area (Å²) in [5.41, 5.74) is 5.60. The lowest BCUT2D eigenvalue weighted by atomic mass is 9.88. The van der Waals surface area contributed by atoms with Gasteiger partial charge >= 0.3 is 0 Å². The van der Waals surface area contributed by atoms with E-state index in [-0.39, 0.29) is 11.9 Å². The van der Waals surface area contributed by atoms with Crippen molar-refractivity contribution >= 4 is 17.4 Å². The van der Waals surface area contributed by atoms with Crippen LogP contribution in [0, 0.1) is 5.92 Å². The van der Waals surface area contributed by atoms with Crippen LogP contribution in [0.5, 0.6) is 5.88 Å². The lowest BCUT2D eigenvalue weighted by Gasteiger charge is -2.29. The number of ether oxygens (including phenoxy) is 1. The Labute approximate surface area is 100 Å². The van der Waals surface area contributed by atoms with E-state index in [0.717, 1.165) is 6.42 Å². The maximum Gasteiger partial charge on any atom is 0.238 e. The summed E-state index contributed by atoms with van der Waals surface area (Å²) in [6.45, 7) is 2.20. The molecule has 0 aliphatic heterocycles. The van der Waals surface area contributed by atoms with E-state index < -0.39 is 0 Å². The Balaban J connectivity index is 2.10. The molecule has 2 rings (SSSR count). The van der Waals surface area contributed by atoms with E-state index in [9.17, 15) is 0 Å². The van der Waals surface area contributed by atoms with Crippen molar-refractivity contribution in [3.63, 3.8) is 0 Å². The van der Waals surface area contributed by atoms with Crippen molar-refractivity contribution in [3.05, 3.63) is 11.3 Å². The molecule has 1 aromatic heterocycles. The first-order valence-electron chi connectivity index (χ1n) is 5.61. The van der Waals surface area contributed by atoms with Crippen molar-refractivity contribution in [2.24, 2.45) is 5.92 Å². The van der Waals surface area contributed by atoms with Gasteiger partial charge in [-0.3, -0.25) is 0 Å². The van der Waals surface area contributed by atoms with Gasteiger partial charge in [0.15, 0.2) is 0 Å². The standard InChI is InChI=1S/C11H16ClN3O/c1-7-4-2-3-5-8(7)16-11-9(12)10(13)14-6-15-11/h6-8H,2-5H2,1H3,(H2,13,14,15). The van der Waals surface area contributed by atoms with Crippen LogP contribution in [0.2, 0.25) is 5.02 Å². The summed E-state index contributed by atoms with van der Waals surface area (Å²) in [6.07, 6.45) is 6.31. The molecule has 2 N–H and O–H groups in total. The van der Waals surface area contributed by atoms with E-state index in [1.165, 1.54) is 25.6 Å². The normalized spacial score (nSPS) is 25.4. The minimum Gasteiger partial charge on any atom is -0.473 e. The van der Waals surface area contributed by atoms with Crippen LogP contribution in [0.4, 0.5) is 5.82 Å². The third-order valence-electron chi connectivity index (χ3n) is 3.08. The van der Waals surface area contributed by atoms with Crippen molar-refractivity contribution in [2.75, 3.05) is 5.73 Å². The average Bonchev–Trinajstić information content (AvgIpc) is 2.28. The number of hydrogen-bond donors (Lipinski definition) is 1. The number of halogens is 1. The fourth-order valence-corrected chi connectivity index (χ4v) is 2.19. The summed E-state index contributed by atoms with van der Waals surface area (Å²) < 4.78 is 5.82. The molecule has 5 heteroatoms. The van der Waals surface area contributed by atoms with Gasteiger partial charge < -0.3 is 10.5 Å². The van der Waals surface area contributed by atoms with Crippen LogP contribution >= 0.6 is 11.6 Å². The lowest BCUT2D eigenvalue weighted by Crippen LogP contribution is -2.28. The first kappa shape index (κ1) is 11.5. The molecule has 16 heavy (non-hydrogen) atoms. The maximum atomic E-state index is 5.99. The molecule has 1 aromatic rings. The molecule has 0 aromatic carbocycles. The monoisotopic (exact) mass is 241 g/mol. The molecule has 0 radical (unpaired) electrons. The molecule has 0 bridgehead atoms. The van der Waals surface area contributed by atoms with Gasteiger partial charge in [0.25, 0.3) is 0 Å². The van der Waals surface area contributed by atoms with Gasteiger partial charge in [0.05, 0.1) is 0 Å². The van der Waals surface area contributed by atoms with Crippen LogP contribution in [0.1, 0.15) is 32.6 Å². The molecule has 0 saturated heterocycles. The van der Waals surface area contributed by atoms with E-state index in [1.54, 1.807) is 0 Å². The van der Waals surface area contributed by atoms with Gasteiger partial charge in [-0.2, -0.15) is 0 Å². The van der Waals surface area contributed by atoms with Gasteiger partial charge in [0.2, 0.25) is 5.88 Å². The Kier molecular flexibility index (Phi) is 3.49. The van der Waals surface area contributed by atoms with Crippen LogP contribution in [-0.2, 0) is 0 Å². The molecule has 1 heterocycles. The molecule has 88 valence electrons. The van der Waals surface area contributed by atoms with Gasteiger partial charge in [-0.25, -0.2) is 9.97 Å². The van der Waals surface area contributed by atoms with Crippen LogP contribution in [0.3, 0.4) is 0 Å². The second-order valence-corrected chi connectivity index (χ2v) is 4.67. The minimum absolute atomic E-state index is 0.195. The Hall–Kier alpha value is -1.03. The summed E-state index contributed by atoms with van der Waals surface area (Å²) in [5, 5.41) is 0.320. The third kappa shape index (κ3) is 2.38. The molecule has 2 atom stereocenters. The van der Waals surface area contributed by atoms with Crippen LogP contribution in [-0.4, -0.2) is 16.1 Å². The van der Waals surface area contributed by atoms with Crippen molar-refractivity contribution in [1.82, 2.24) is 9.97 Å². The van der Waals surface area contributed by atoms with Gasteiger partial charge in [-0.15, -0.1) is 0 Å². The average molecular weight is 242 g/mol. The molecule has 2 unspecified atom stereocenters. The van der Waals surface area contributed by atoms with Gasteiger partial charge in [-0.1, -0.05) is 24.9 Å². The van der Waals surface area contributed by atoms with Gasteiger partial charge in [0, 0.05) is 0 Å². The van der Waals surface area contributed by atoms with Crippen molar-refractivity contribution in [3.8, 4) is 5.88 Å². The molecule has 1 saturated carbocycles. The molecular formula is C11H16ClN3O. The van der Waals surface area contributed by atoms with E-state index in [4.69, 9.17) is 22.1 Å². The van der Waals surface area contributed by atoms with Crippen LogP contribution in [0.25, 0.3) is 0 Å². The quantitative estimate of drug-likeness (QED) is 0.865. The fourth-order valence-electron chi connectivity index (χ4n) is 2.05. The van der Waals surface area contributed by atoms with Crippen molar-refractivity contribution in [1.29, 1.82) is 0 Å². The first-order chi connectivity index (χ1) is 7.68. The lowest BCUT2D eigenvalue weighted by molar-refractivity contribution is 0.0976. The zero-order chi connectivity index (χ0) is 11.5. The third-order valence-corrected chi connectivity index (χ3v) is 3.44. The second-order valence-electron chi connectivity index (χ2n) is 4.30. The summed E-state index contributed by atoms with van der Waals surface area (Å²) in [5.74, 6) is 1.23. The molecular weight excluding hydrogens is 226 g/mol. The number of nitrogens with two attached hydrogens (primary N) is 1. The maximum absolute atomic E-state index is 5.99. The Morgan fingerprint density at radius 3 is 2.88 bits per heavy atom. The van der Waals surface area contributed by atoms with Gasteiger partial charge in [-0.05, 0) is 25.2 Å². The van der Waals surface area contributed by atoms with E-state index in [2.05, 4.69) is 16.9 Å². The largest absolute Gasteiger partial charge is 0.473 e. The summed E-state index contributed by atoms with van der Waals surface area (Å²) >= 11 is 5.99. The number of aromatic nitrogens is 2. The summed E-state index contributed by atoms with van der Waals surface area (Å²) in [6, 6.07) is 0. The zero-order valence-corrected chi connectivity index (χ0v) is 10.1. The SMILES string of the molecule is CC1CCCCC1Oc1ncnc(N)c1Cl. The number of hydrogen-bond acceptors (Lipinski definition) is 4. The van der Waals surface area contributed by atoms with Crippen LogP contribution < -0.4 is 10.5 Å². The van der Waals surface area contributed by atoms with E-state index in [0.29, 0.717) is 16.8 Å². The number of rotatable bonds is 2. The number of nitrogen functional groups attached to an aromatic ring is 1. The number of anilines is 1. The number of nitrogens with zero attached hydrogens (tertiary/aromatic N) is 2. The van der Waals surface area contributed by atoms with Crippen molar-refractivity contribution in [2.45, 2.75) is 38.7 Å². The second kappa shape index (κ2) is 4.87. The molecule has 1 aliphatic carbocycles. The molecule has 0 spiro atoms. The molecule has 1 fully saturated rings. The Morgan fingerprint density at radius 1 is 1.38 bits per heavy atom. The predicted molar refractivity (Wildman–Crippen MR) is 63.5 cm³/mol. The highest BCUT2D eigenvalue weighted by molar-refractivity contribution is 6.33. The topological polar surface area (TPSA) is 61.0 Å². The summed E-state index contributed by atoms with van der Waals surface area (Å²) in [7, 11) is 0. The summed E-state index contributed by atoms with van der Waals surface area (Å²) in [4.78, 5) is 7.83. The van der Waals surface area contributed by atoms with E-state index >= 15 is 0 Å². The van der Waals surface area contributed by atoms with Gasteiger partial charge in [0.1, 0.15) is 23.3 Å². The fraction of sp³-hybridized carbons (Fsp3) is 0.636. The molecule has 1 aliphatic rings. The Morgan fingerprint density at radius 2 is 2.12 bits per heavy atom. The highest BCUT2D eigenvalue weighted by atomic mass is 35.5.